The molecule has 0 saturated carbocycles. The first-order valence-corrected chi connectivity index (χ1v) is 32.3. The zero-order valence-electron chi connectivity index (χ0n) is 54.7. The summed E-state index contributed by atoms with van der Waals surface area (Å²) in [6, 6.07) is 20.9. The van der Waals surface area contributed by atoms with E-state index in [1.54, 1.807) is 61.2 Å². The Bertz CT molecular complexity index is 3870. The Morgan fingerprint density at radius 1 is 0.816 bits per heavy atom. The average molecular weight is 1370 g/mol. The number of ether oxygens (including phenoxy) is 6. The molecule has 4 aromatic carbocycles. The summed E-state index contributed by atoms with van der Waals surface area (Å²) < 4.78 is 33.6. The van der Waals surface area contributed by atoms with Gasteiger partial charge in [0.15, 0.2) is 5.78 Å². The normalized spacial score (nSPS) is 13.9. The summed E-state index contributed by atoms with van der Waals surface area (Å²) in [6.45, 7) is 5.53. The number of ketones is 1. The number of alkyl carbamates (subject to hydrolysis) is 1. The Hall–Kier alpha value is -10.2. The molecule has 0 unspecified atom stereocenters. The lowest BCUT2D eigenvalue weighted by atomic mass is 9.89. The van der Waals surface area contributed by atoms with Gasteiger partial charge in [-0.15, -0.1) is 11.6 Å². The predicted octanol–water partition coefficient (Wildman–Crippen LogP) is 6.71. The van der Waals surface area contributed by atoms with Crippen molar-refractivity contribution in [1.82, 2.24) is 35.3 Å². The fraction of sp³-hybridized carbons (Fsp3) is 0.397. The molecule has 98 heavy (non-hydrogen) atoms. The molecule has 3 atom stereocenters. The number of aryl methyl sites for hydroxylation is 1. The molecule has 6 aromatic rings. The van der Waals surface area contributed by atoms with E-state index in [2.05, 4.69) is 31.2 Å². The molecule has 8 rings (SSSR count). The number of amides is 10. The highest BCUT2D eigenvalue weighted by Crippen LogP contribution is 2.47. The Balaban J connectivity index is 0.882. The summed E-state index contributed by atoms with van der Waals surface area (Å²) in [4.78, 5) is 144. The number of aliphatic hydroxyl groups excluding tert-OH is 1. The largest absolute Gasteiger partial charge is 0.508 e. The van der Waals surface area contributed by atoms with E-state index in [0.29, 0.717) is 44.6 Å². The molecule has 0 radical (unpaired) electrons. The minimum absolute atomic E-state index is 0.00667. The van der Waals surface area contributed by atoms with Crippen molar-refractivity contribution < 1.29 is 86.6 Å². The molecule has 2 aliphatic heterocycles. The maximum Gasteiger partial charge on any atom is 0.415 e. The Morgan fingerprint density at radius 3 is 2.23 bits per heavy atom. The zero-order valence-corrected chi connectivity index (χ0v) is 55.4. The number of imide groups is 1. The third-order valence-corrected chi connectivity index (χ3v) is 16.5. The van der Waals surface area contributed by atoms with Gasteiger partial charge in [-0.2, -0.15) is 0 Å². The van der Waals surface area contributed by atoms with Crippen molar-refractivity contribution in [2.45, 2.75) is 58.6 Å². The van der Waals surface area contributed by atoms with Gasteiger partial charge in [0.05, 0.1) is 76.4 Å². The van der Waals surface area contributed by atoms with Crippen LogP contribution in [0.1, 0.15) is 76.6 Å². The lowest BCUT2D eigenvalue weighted by molar-refractivity contribution is -0.137. The van der Waals surface area contributed by atoms with Crippen molar-refractivity contribution in [2.24, 2.45) is 17.6 Å². The summed E-state index contributed by atoms with van der Waals surface area (Å²) in [5.74, 6) is -4.04. The van der Waals surface area contributed by atoms with Crippen molar-refractivity contribution >= 4 is 110 Å². The number of aromatic amines is 1. The van der Waals surface area contributed by atoms with Gasteiger partial charge >= 0.3 is 24.3 Å². The molecule has 0 aliphatic carbocycles. The quantitative estimate of drug-likeness (QED) is 0.0116. The second-order valence-corrected chi connectivity index (χ2v) is 23.8. The molecular weight excluding hydrogens is 1290 g/mol. The number of aromatic hydroxyl groups is 1. The summed E-state index contributed by atoms with van der Waals surface area (Å²) in [5.41, 5.74) is 9.53. The second-order valence-electron chi connectivity index (χ2n) is 23.5. The highest BCUT2D eigenvalue weighted by Gasteiger charge is 2.37. The van der Waals surface area contributed by atoms with Crippen molar-refractivity contribution in [2.75, 3.05) is 121 Å². The standard InChI is InChI=1S/C68H80ClN11O18/c1-41(2)60(76-66(90)96-32-31-94-27-24-79-56(84)18-19-57(79)85)54(83)35-45(8-6-20-71-65(70)89)63(87)73-48-14-10-43(11-15-48)40-97-67(91)77(4)21-22-78(23-26-93-29-30-95-28-25-81)68(92)98-55-36-53-59(58-42(3)7-5-9-51(55)58)47(37-69)39-80(53)64(88)52-34-46-33-49(38-72-61(46)75-52)74-62(86)44-12-16-50(82)17-13-44/h5,7,9-19,33-34,36,38,41,45,47,60,81-82H,6,8,20-32,35,37,39-40H2,1-4H3,(H,72,75)(H,73,87)(H,74,86)(H,76,90)(H3,70,71,89)/t45-,47-,60+/m1/s1. The number of phenols is 1. The number of halogens is 1. The number of fused-ring (bicyclic) bond motifs is 4. The average Bonchev–Trinajstić information content (AvgIpc) is 1.54. The van der Waals surface area contributed by atoms with Crippen LogP contribution in [-0.4, -0.2) is 206 Å². The minimum atomic E-state index is -1.04. The van der Waals surface area contributed by atoms with Crippen LogP contribution in [0.3, 0.4) is 0 Å². The van der Waals surface area contributed by atoms with Gasteiger partial charge in [0, 0.05) is 104 Å². The molecule has 4 heterocycles. The molecule has 522 valence electrons. The number of carbonyl (C=O) groups is 10. The molecule has 0 spiro atoms. The van der Waals surface area contributed by atoms with Crippen molar-refractivity contribution in [3.05, 3.63) is 131 Å². The number of pyridine rings is 1. The number of H-pyrrole nitrogens is 1. The van der Waals surface area contributed by atoms with E-state index in [9.17, 15) is 53.1 Å². The number of urea groups is 1. The maximum atomic E-state index is 14.7. The highest BCUT2D eigenvalue weighted by molar-refractivity contribution is 6.20. The number of hydrogen-bond acceptors (Lipinski definition) is 19. The number of hydrogen-bond donors (Lipinski definition) is 8. The lowest BCUT2D eigenvalue weighted by Gasteiger charge is -2.26. The lowest BCUT2D eigenvalue weighted by Crippen LogP contribution is -2.46. The van der Waals surface area contributed by atoms with Crippen LogP contribution in [0.5, 0.6) is 11.5 Å². The molecule has 0 saturated heterocycles. The number of primary amides is 1. The van der Waals surface area contributed by atoms with Crippen LogP contribution in [-0.2, 0) is 49.5 Å². The molecule has 30 heteroatoms. The molecule has 10 amide bonds. The first kappa shape index (κ1) is 73.6. The van der Waals surface area contributed by atoms with Crippen molar-refractivity contribution in [3.63, 3.8) is 0 Å². The third-order valence-electron chi connectivity index (χ3n) is 16.1. The molecule has 29 nitrogen and oxygen atoms in total. The SMILES string of the molecule is Cc1cccc2c(OC(=O)N(CCOCCOCCO)CCN(C)C(=O)OCc3ccc(NC(=O)[C@H](CCCNC(N)=O)CC(=O)[C@@H](NC(=O)OCCOCCN4C(=O)C=CC4=O)C(C)C)cc3)cc3c(c12)[C@H](CCl)CN3C(=O)c1cc2cc(NC(=O)c3ccc(O)cc3)cnc2[nH]1. The number of nitrogens with two attached hydrogens (primary N) is 1. The highest BCUT2D eigenvalue weighted by atomic mass is 35.5. The van der Waals surface area contributed by atoms with Gasteiger partial charge in [-0.25, -0.2) is 24.2 Å². The van der Waals surface area contributed by atoms with Crippen LogP contribution >= 0.6 is 11.6 Å². The maximum absolute atomic E-state index is 14.7. The number of carbonyl (C=O) groups excluding carboxylic acids is 10. The van der Waals surface area contributed by atoms with Gasteiger partial charge in [0.1, 0.15) is 36.1 Å². The van der Waals surface area contributed by atoms with E-state index in [1.165, 1.54) is 47.3 Å². The van der Waals surface area contributed by atoms with Crippen LogP contribution in [0.15, 0.2) is 103 Å². The summed E-state index contributed by atoms with van der Waals surface area (Å²) in [5, 5.41) is 31.3. The number of phenolic OH excluding ortho intramolecular Hbond substituents is 1. The Kier molecular flexibility index (Phi) is 26.8. The topological polar surface area (TPSA) is 382 Å². The number of aromatic nitrogens is 2. The number of alkyl halides is 1. The number of aliphatic hydroxyl groups is 1. The molecule has 0 fully saturated rings. The first-order chi connectivity index (χ1) is 47.1. The zero-order chi connectivity index (χ0) is 70.4. The van der Waals surface area contributed by atoms with Crippen LogP contribution in [0.4, 0.5) is 36.2 Å². The van der Waals surface area contributed by atoms with Gasteiger partial charge < -0.3 is 85.3 Å². The predicted molar refractivity (Wildman–Crippen MR) is 360 cm³/mol. The van der Waals surface area contributed by atoms with Gasteiger partial charge in [-0.05, 0) is 96.3 Å². The van der Waals surface area contributed by atoms with Crippen molar-refractivity contribution in [1.29, 1.82) is 0 Å². The number of nitrogens with zero attached hydrogens (tertiary/aromatic N) is 5. The fourth-order valence-electron chi connectivity index (χ4n) is 11.0. The first-order valence-electron chi connectivity index (χ1n) is 31.8. The van der Waals surface area contributed by atoms with E-state index in [-0.39, 0.29) is 147 Å². The van der Waals surface area contributed by atoms with Crippen LogP contribution < -0.4 is 36.6 Å². The molecule has 0 bridgehead atoms. The fourth-order valence-corrected chi connectivity index (χ4v) is 11.2. The van der Waals surface area contributed by atoms with E-state index in [4.69, 9.17) is 50.9 Å². The molecule has 2 aliphatic rings. The van der Waals surface area contributed by atoms with E-state index >= 15 is 0 Å². The van der Waals surface area contributed by atoms with E-state index in [0.717, 1.165) is 33.6 Å². The van der Waals surface area contributed by atoms with E-state index in [1.807, 2.05) is 25.1 Å². The second kappa shape index (κ2) is 35.7. The molecule has 2 aromatic heterocycles. The third kappa shape index (κ3) is 20.2. The van der Waals surface area contributed by atoms with E-state index < -0.39 is 77.5 Å². The smallest absolute Gasteiger partial charge is 0.415 e. The monoisotopic (exact) mass is 1370 g/mol. The number of rotatable bonds is 35. The van der Waals surface area contributed by atoms with Crippen LogP contribution in [0.25, 0.3) is 21.8 Å². The summed E-state index contributed by atoms with van der Waals surface area (Å²) in [6.07, 6.45) is 1.49. The summed E-state index contributed by atoms with van der Waals surface area (Å²) in [7, 11) is 1.50. The Morgan fingerprint density at radius 2 is 1.53 bits per heavy atom. The summed E-state index contributed by atoms with van der Waals surface area (Å²) >= 11 is 6.67. The number of nitrogens with one attached hydrogen (secondary N) is 5. The van der Waals surface area contributed by atoms with Crippen LogP contribution in [0, 0.1) is 18.8 Å². The minimum Gasteiger partial charge on any atom is -0.508 e. The van der Waals surface area contributed by atoms with Crippen LogP contribution in [0.2, 0.25) is 0 Å². The number of anilines is 3. The molecular formula is C68H80ClN11O18. The van der Waals surface area contributed by atoms with Gasteiger partial charge in [0.2, 0.25) is 5.91 Å². The number of benzene rings is 4. The van der Waals surface area contributed by atoms with Gasteiger partial charge in [0.25, 0.3) is 23.6 Å². The number of likely N-dealkylation sites (N-methyl/N-ethyl adjacent to an activating group) is 1. The van der Waals surface area contributed by atoms with Gasteiger partial charge in [-0.1, -0.05) is 44.2 Å². The van der Waals surface area contributed by atoms with Gasteiger partial charge in [-0.3, -0.25) is 33.7 Å². The van der Waals surface area contributed by atoms with Crippen molar-refractivity contribution in [3.8, 4) is 11.5 Å². The Labute approximate surface area is 569 Å². The number of Topliss-reactive ketones (excluding diaryl/α,β-unsaturated/α-hetero) is 1. The molecule has 9 N–H and O–H groups in total.